The van der Waals surface area contributed by atoms with E-state index < -0.39 is 17.0 Å². The monoisotopic (exact) mass is 629 g/mol. The molecule has 0 fully saturated rings. The van der Waals surface area contributed by atoms with Gasteiger partial charge in [-0.05, 0) is 52.4 Å². The molecule has 2 atom stereocenters. The Balaban J connectivity index is 1.49. The van der Waals surface area contributed by atoms with Gasteiger partial charge in [0.15, 0.2) is 5.78 Å². The number of thiophene rings is 1. The zero-order valence-electron chi connectivity index (χ0n) is 24.4. The van der Waals surface area contributed by atoms with Crippen molar-refractivity contribution >= 4 is 45.7 Å². The van der Waals surface area contributed by atoms with Crippen LogP contribution in [0.5, 0.6) is 0 Å². The van der Waals surface area contributed by atoms with E-state index in [2.05, 4.69) is 55.6 Å². The predicted octanol–water partition coefficient (Wildman–Crippen LogP) is 7.33. The highest BCUT2D eigenvalue weighted by Crippen LogP contribution is 2.40. The number of ketones is 1. The Morgan fingerprint density at radius 1 is 0.907 bits per heavy atom. The average Bonchev–Trinajstić information content (AvgIpc) is 3.67. The Kier molecular flexibility index (Phi) is 10.2. The Morgan fingerprint density at radius 3 is 2.16 bits per heavy atom. The second-order valence-corrected chi connectivity index (χ2v) is 13.8. The molecule has 1 aliphatic rings. The minimum Gasteiger partial charge on any atom is -0.341 e. The fourth-order valence-corrected chi connectivity index (χ4v) is 7.74. The second kappa shape index (κ2) is 14.2. The zero-order valence-corrected chi connectivity index (χ0v) is 26.9. The Bertz CT molecular complexity index is 1590. The molecule has 5 rings (SSSR count). The van der Waals surface area contributed by atoms with E-state index in [1.54, 1.807) is 28.4 Å². The third-order valence-electron chi connectivity index (χ3n) is 7.24. The van der Waals surface area contributed by atoms with Crippen molar-refractivity contribution in [1.82, 2.24) is 15.1 Å². The highest BCUT2D eigenvalue weighted by atomic mass is 32.2. The van der Waals surface area contributed by atoms with Gasteiger partial charge in [0, 0.05) is 16.3 Å². The van der Waals surface area contributed by atoms with Crippen LogP contribution in [-0.4, -0.2) is 44.0 Å². The molecule has 1 N–H and O–H groups in total. The normalized spacial score (nSPS) is 15.7. The van der Waals surface area contributed by atoms with Gasteiger partial charge < -0.3 is 10.2 Å². The molecule has 222 valence electrons. The van der Waals surface area contributed by atoms with Gasteiger partial charge in [0.25, 0.3) is 0 Å². The van der Waals surface area contributed by atoms with Crippen molar-refractivity contribution in [3.8, 4) is 11.1 Å². The summed E-state index contributed by atoms with van der Waals surface area (Å²) in [6.07, 6.45) is 1.48. The summed E-state index contributed by atoms with van der Waals surface area (Å²) in [4.78, 5) is 33.3. The molecule has 1 aromatic heterocycles. The lowest BCUT2D eigenvalue weighted by Crippen LogP contribution is -2.50. The molecule has 9 heteroatoms. The molecule has 0 saturated heterocycles. The first-order chi connectivity index (χ1) is 20.9. The van der Waals surface area contributed by atoms with Crippen molar-refractivity contribution in [2.75, 3.05) is 12.0 Å². The first-order valence-electron chi connectivity index (χ1n) is 14.1. The maximum atomic E-state index is 14.1. The molecule has 1 aliphatic heterocycles. The van der Waals surface area contributed by atoms with E-state index in [9.17, 15) is 13.8 Å². The number of hydrogen-bond acceptors (Lipinski definition) is 6. The standard InChI is InChI=1S/C34H35N3O3S3/c1-24(2)32-36(22-25-16-18-27(19-17-25)26-11-6-4-7-12-26)31(30(38)23-43(40)29-14-8-5-9-15-29)33(41-3)37(32)34(39)35-21-28-13-10-20-42-28/h4-20,24,32H,21-23H2,1-3H3,(H,35,39). The number of allylic oxidation sites excluding steroid dienone is 1. The van der Waals surface area contributed by atoms with Gasteiger partial charge in [-0.15, -0.1) is 23.1 Å². The smallest absolute Gasteiger partial charge is 0.324 e. The van der Waals surface area contributed by atoms with E-state index in [0.717, 1.165) is 21.6 Å². The number of amides is 2. The number of rotatable bonds is 11. The molecule has 43 heavy (non-hydrogen) atoms. The lowest BCUT2D eigenvalue weighted by atomic mass is 10.0. The molecule has 0 saturated carbocycles. The van der Waals surface area contributed by atoms with Crippen molar-refractivity contribution in [3.05, 3.63) is 124 Å². The predicted molar refractivity (Wildman–Crippen MR) is 178 cm³/mol. The summed E-state index contributed by atoms with van der Waals surface area (Å²) >= 11 is 2.96. The van der Waals surface area contributed by atoms with Gasteiger partial charge in [-0.25, -0.2) is 4.79 Å². The highest BCUT2D eigenvalue weighted by Gasteiger charge is 2.45. The number of benzene rings is 3. The molecule has 4 aromatic rings. The average molecular weight is 630 g/mol. The third-order valence-corrected chi connectivity index (χ3v) is 10.2. The van der Waals surface area contributed by atoms with Crippen molar-refractivity contribution in [3.63, 3.8) is 0 Å². The summed E-state index contributed by atoms with van der Waals surface area (Å²) in [7, 11) is -1.52. The van der Waals surface area contributed by atoms with E-state index in [1.807, 2.05) is 65.1 Å². The van der Waals surface area contributed by atoms with Gasteiger partial charge in [0.2, 0.25) is 0 Å². The minimum absolute atomic E-state index is 0.00292. The summed E-state index contributed by atoms with van der Waals surface area (Å²) in [6, 6.07) is 31.2. The first-order valence-corrected chi connectivity index (χ1v) is 17.5. The Morgan fingerprint density at radius 2 is 1.56 bits per heavy atom. The Hall–Kier alpha value is -3.66. The number of carbonyl (C=O) groups excluding carboxylic acids is 2. The van der Waals surface area contributed by atoms with Crippen LogP contribution in [0, 0.1) is 5.92 Å². The molecular formula is C34H35N3O3S3. The second-order valence-electron chi connectivity index (χ2n) is 10.5. The molecule has 2 heterocycles. The Labute approximate surface area is 264 Å². The molecular weight excluding hydrogens is 595 g/mol. The third kappa shape index (κ3) is 7.12. The van der Waals surface area contributed by atoms with Crippen LogP contribution < -0.4 is 5.32 Å². The van der Waals surface area contributed by atoms with Gasteiger partial charge in [-0.2, -0.15) is 0 Å². The number of nitrogens with one attached hydrogen (secondary N) is 1. The van der Waals surface area contributed by atoms with Crippen LogP contribution in [0.25, 0.3) is 11.1 Å². The van der Waals surface area contributed by atoms with E-state index in [1.165, 1.54) is 11.8 Å². The number of Topliss-reactive ketones (excluding diaryl/α,β-unsaturated/α-hetero) is 1. The molecule has 0 spiro atoms. The van der Waals surface area contributed by atoms with Crippen LogP contribution in [-0.2, 0) is 28.7 Å². The molecule has 3 aromatic carbocycles. The number of urea groups is 1. The molecule has 0 bridgehead atoms. The van der Waals surface area contributed by atoms with Gasteiger partial charge in [-0.1, -0.05) is 92.7 Å². The maximum Gasteiger partial charge on any atom is 0.324 e. The molecule has 2 unspecified atom stereocenters. The van der Waals surface area contributed by atoms with Crippen LogP contribution in [0.4, 0.5) is 4.79 Å². The summed E-state index contributed by atoms with van der Waals surface area (Å²) < 4.78 is 13.3. The summed E-state index contributed by atoms with van der Waals surface area (Å²) in [5.74, 6) is -0.405. The molecule has 2 amide bonds. The zero-order chi connectivity index (χ0) is 30.3. The lowest BCUT2D eigenvalue weighted by molar-refractivity contribution is -0.115. The fraction of sp³-hybridized carbons (Fsp3) is 0.235. The van der Waals surface area contributed by atoms with Gasteiger partial charge in [0.05, 0.1) is 23.1 Å². The van der Waals surface area contributed by atoms with Gasteiger partial charge in [-0.3, -0.25) is 13.9 Å². The largest absolute Gasteiger partial charge is 0.341 e. The van der Waals surface area contributed by atoms with Crippen LogP contribution in [0.2, 0.25) is 0 Å². The van der Waals surface area contributed by atoms with Crippen molar-refractivity contribution in [2.45, 2.75) is 38.0 Å². The van der Waals surface area contributed by atoms with E-state index in [4.69, 9.17) is 0 Å². The van der Waals surface area contributed by atoms with Crippen molar-refractivity contribution < 1.29 is 13.8 Å². The molecule has 6 nitrogen and oxygen atoms in total. The minimum atomic E-state index is -1.52. The maximum absolute atomic E-state index is 14.1. The summed E-state index contributed by atoms with van der Waals surface area (Å²) in [5, 5.41) is 5.63. The number of carbonyl (C=O) groups is 2. The number of nitrogens with zero attached hydrogens (tertiary/aromatic N) is 2. The summed E-state index contributed by atoms with van der Waals surface area (Å²) in [5.41, 5.74) is 3.69. The van der Waals surface area contributed by atoms with Gasteiger partial charge in [0.1, 0.15) is 16.9 Å². The van der Waals surface area contributed by atoms with E-state index in [-0.39, 0.29) is 23.5 Å². The van der Waals surface area contributed by atoms with Crippen LogP contribution in [0.15, 0.2) is 118 Å². The quantitative estimate of drug-likeness (QED) is 0.188. The van der Waals surface area contributed by atoms with E-state index >= 15 is 0 Å². The van der Waals surface area contributed by atoms with Crippen LogP contribution in [0.3, 0.4) is 0 Å². The highest BCUT2D eigenvalue weighted by molar-refractivity contribution is 8.02. The molecule has 0 aliphatic carbocycles. The van der Waals surface area contributed by atoms with Gasteiger partial charge >= 0.3 is 6.03 Å². The topological polar surface area (TPSA) is 69.7 Å². The summed E-state index contributed by atoms with van der Waals surface area (Å²) in [6.45, 7) is 4.95. The number of hydrogen-bond donors (Lipinski definition) is 1. The SMILES string of the molecule is CSC1=C(C(=O)CS(=O)c2ccccc2)N(Cc2ccc(-c3ccccc3)cc2)C(C(C)C)N1C(=O)NCc1cccs1. The van der Waals surface area contributed by atoms with Crippen molar-refractivity contribution in [2.24, 2.45) is 5.92 Å². The fourth-order valence-electron chi connectivity index (χ4n) is 5.28. The number of thioether (sulfide) groups is 1. The first kappa shape index (κ1) is 30.8. The van der Waals surface area contributed by atoms with E-state index in [0.29, 0.717) is 28.7 Å². The molecule has 0 radical (unpaired) electrons. The van der Waals surface area contributed by atoms with Crippen LogP contribution >= 0.6 is 23.1 Å². The lowest BCUT2D eigenvalue weighted by Gasteiger charge is -2.36. The van der Waals surface area contributed by atoms with Crippen molar-refractivity contribution in [1.29, 1.82) is 0 Å². The van der Waals surface area contributed by atoms with Crippen LogP contribution in [0.1, 0.15) is 24.3 Å².